The van der Waals surface area contributed by atoms with Crippen LogP contribution in [0.3, 0.4) is 0 Å². The topological polar surface area (TPSA) is 32.7 Å². The average Bonchev–Trinajstić information content (AvgIpc) is 2.39. The van der Waals surface area contributed by atoms with Crippen molar-refractivity contribution in [3.05, 3.63) is 29.3 Å². The monoisotopic (exact) mass is 251 g/mol. The van der Waals surface area contributed by atoms with Gasteiger partial charge in [0.25, 0.3) is 0 Å². The van der Waals surface area contributed by atoms with E-state index in [0.717, 1.165) is 42.9 Å². The van der Waals surface area contributed by atoms with Gasteiger partial charge in [0.15, 0.2) is 0 Å². The van der Waals surface area contributed by atoms with Gasteiger partial charge in [0.2, 0.25) is 0 Å². The van der Waals surface area contributed by atoms with E-state index in [4.69, 9.17) is 4.74 Å². The van der Waals surface area contributed by atoms with E-state index in [1.54, 1.807) is 7.11 Å². The van der Waals surface area contributed by atoms with Crippen LogP contribution >= 0.6 is 0 Å². The molecule has 0 amide bonds. The van der Waals surface area contributed by atoms with Gasteiger partial charge in [-0.25, -0.2) is 0 Å². The zero-order chi connectivity index (χ0) is 13.5. The van der Waals surface area contributed by atoms with E-state index in [1.165, 1.54) is 0 Å². The van der Waals surface area contributed by atoms with Crippen LogP contribution in [-0.4, -0.2) is 36.8 Å². The van der Waals surface area contributed by atoms with Gasteiger partial charge in [-0.05, 0) is 38.6 Å². The molecule has 0 aliphatic heterocycles. The average molecular weight is 251 g/mol. The van der Waals surface area contributed by atoms with E-state index in [2.05, 4.69) is 18.7 Å². The van der Waals surface area contributed by atoms with Crippen molar-refractivity contribution < 1.29 is 9.84 Å². The minimum Gasteiger partial charge on any atom is -0.496 e. The van der Waals surface area contributed by atoms with Crippen LogP contribution in [0.5, 0.6) is 5.75 Å². The molecule has 18 heavy (non-hydrogen) atoms. The van der Waals surface area contributed by atoms with Gasteiger partial charge in [-0.3, -0.25) is 0 Å². The van der Waals surface area contributed by atoms with Crippen molar-refractivity contribution in [3.8, 4) is 5.75 Å². The normalized spacial score (nSPS) is 12.8. The second-order valence-corrected chi connectivity index (χ2v) is 4.58. The summed E-state index contributed by atoms with van der Waals surface area (Å²) in [6.45, 7) is 9.26. The maximum absolute atomic E-state index is 10.3. The highest BCUT2D eigenvalue weighted by Gasteiger charge is 2.14. The summed E-state index contributed by atoms with van der Waals surface area (Å²) in [5.41, 5.74) is 2.04. The fourth-order valence-electron chi connectivity index (χ4n) is 2.11. The molecule has 3 heteroatoms. The lowest BCUT2D eigenvalue weighted by atomic mass is 10.0. The molecule has 1 atom stereocenters. The molecule has 0 aliphatic carbocycles. The van der Waals surface area contributed by atoms with E-state index in [9.17, 15) is 5.11 Å². The predicted octanol–water partition coefficient (Wildman–Crippen LogP) is 2.77. The van der Waals surface area contributed by atoms with Gasteiger partial charge in [0.05, 0.1) is 13.2 Å². The van der Waals surface area contributed by atoms with Crippen molar-refractivity contribution in [3.63, 3.8) is 0 Å². The van der Waals surface area contributed by atoms with Crippen molar-refractivity contribution >= 4 is 0 Å². The first-order valence-electron chi connectivity index (χ1n) is 6.67. The number of benzene rings is 1. The van der Waals surface area contributed by atoms with Crippen molar-refractivity contribution in [2.24, 2.45) is 0 Å². The number of aryl methyl sites for hydroxylation is 1. The Labute approximate surface area is 110 Å². The van der Waals surface area contributed by atoms with Crippen LogP contribution in [0.15, 0.2) is 18.2 Å². The summed E-state index contributed by atoms with van der Waals surface area (Å²) in [5, 5.41) is 10.3. The summed E-state index contributed by atoms with van der Waals surface area (Å²) in [5.74, 6) is 0.771. The molecule has 1 aromatic rings. The number of nitrogens with zero attached hydrogens (tertiary/aromatic N) is 1. The molecule has 1 aromatic carbocycles. The molecule has 1 N–H and O–H groups in total. The van der Waals surface area contributed by atoms with Crippen molar-refractivity contribution in [1.29, 1.82) is 0 Å². The Balaban J connectivity index is 2.71. The van der Waals surface area contributed by atoms with E-state index < -0.39 is 6.10 Å². The molecule has 1 rings (SSSR count). The molecular formula is C15H25NO2. The van der Waals surface area contributed by atoms with E-state index in [1.807, 2.05) is 25.1 Å². The van der Waals surface area contributed by atoms with Crippen molar-refractivity contribution in [2.45, 2.75) is 33.3 Å². The predicted molar refractivity (Wildman–Crippen MR) is 75.1 cm³/mol. The Kier molecular flexibility index (Phi) is 6.16. The molecule has 0 aromatic heterocycles. The van der Waals surface area contributed by atoms with E-state index >= 15 is 0 Å². The smallest absolute Gasteiger partial charge is 0.124 e. The lowest BCUT2D eigenvalue weighted by Gasteiger charge is -2.21. The SMILES string of the molecule is CCN(CC)CCC(O)c1cc(C)ccc1OC. The fourth-order valence-corrected chi connectivity index (χ4v) is 2.11. The van der Waals surface area contributed by atoms with Gasteiger partial charge in [-0.2, -0.15) is 0 Å². The molecule has 0 bridgehead atoms. The number of rotatable bonds is 7. The first kappa shape index (κ1) is 15.0. The third-order valence-corrected chi connectivity index (χ3v) is 3.36. The van der Waals surface area contributed by atoms with Gasteiger partial charge in [-0.15, -0.1) is 0 Å². The lowest BCUT2D eigenvalue weighted by Crippen LogP contribution is -2.25. The molecular weight excluding hydrogens is 226 g/mol. The fraction of sp³-hybridized carbons (Fsp3) is 0.600. The Morgan fingerprint density at radius 1 is 1.28 bits per heavy atom. The molecule has 102 valence electrons. The van der Waals surface area contributed by atoms with Gasteiger partial charge in [0, 0.05) is 12.1 Å². The second kappa shape index (κ2) is 7.39. The first-order valence-corrected chi connectivity index (χ1v) is 6.67. The zero-order valence-electron chi connectivity index (χ0n) is 11.9. The van der Waals surface area contributed by atoms with Crippen molar-refractivity contribution in [2.75, 3.05) is 26.7 Å². The maximum Gasteiger partial charge on any atom is 0.124 e. The van der Waals surface area contributed by atoms with Crippen LogP contribution < -0.4 is 4.74 Å². The molecule has 1 unspecified atom stereocenters. The van der Waals surface area contributed by atoms with Crippen LogP contribution in [0, 0.1) is 6.92 Å². The highest BCUT2D eigenvalue weighted by molar-refractivity contribution is 5.38. The summed E-state index contributed by atoms with van der Waals surface area (Å²) in [4.78, 5) is 2.31. The molecule has 0 heterocycles. The number of methoxy groups -OCH3 is 1. The molecule has 0 saturated heterocycles. The lowest BCUT2D eigenvalue weighted by molar-refractivity contribution is 0.142. The van der Waals surface area contributed by atoms with Crippen LogP contribution in [0.1, 0.15) is 37.5 Å². The Bertz CT molecular complexity index is 362. The number of aliphatic hydroxyl groups is 1. The molecule has 0 spiro atoms. The number of ether oxygens (including phenoxy) is 1. The number of aliphatic hydroxyl groups excluding tert-OH is 1. The minimum atomic E-state index is -0.458. The first-order chi connectivity index (χ1) is 8.62. The van der Waals surface area contributed by atoms with Gasteiger partial charge in [-0.1, -0.05) is 25.5 Å². The van der Waals surface area contributed by atoms with E-state index in [0.29, 0.717) is 0 Å². The van der Waals surface area contributed by atoms with Crippen LogP contribution in [0.25, 0.3) is 0 Å². The van der Waals surface area contributed by atoms with Crippen LogP contribution in [0.2, 0.25) is 0 Å². The standard InChI is InChI=1S/C15H25NO2/c1-5-16(6-2)10-9-14(17)13-11-12(3)7-8-15(13)18-4/h7-8,11,14,17H,5-6,9-10H2,1-4H3. The zero-order valence-corrected chi connectivity index (χ0v) is 11.9. The van der Waals surface area contributed by atoms with Crippen LogP contribution in [-0.2, 0) is 0 Å². The Hall–Kier alpha value is -1.06. The van der Waals surface area contributed by atoms with Crippen molar-refractivity contribution in [1.82, 2.24) is 4.90 Å². The molecule has 0 aliphatic rings. The molecule has 0 radical (unpaired) electrons. The molecule has 3 nitrogen and oxygen atoms in total. The van der Waals surface area contributed by atoms with Crippen LogP contribution in [0.4, 0.5) is 0 Å². The highest BCUT2D eigenvalue weighted by atomic mass is 16.5. The van der Waals surface area contributed by atoms with Gasteiger partial charge in [0.1, 0.15) is 5.75 Å². The maximum atomic E-state index is 10.3. The third-order valence-electron chi connectivity index (χ3n) is 3.36. The summed E-state index contributed by atoms with van der Waals surface area (Å²) < 4.78 is 5.31. The quantitative estimate of drug-likeness (QED) is 0.809. The molecule has 0 saturated carbocycles. The highest BCUT2D eigenvalue weighted by Crippen LogP contribution is 2.28. The summed E-state index contributed by atoms with van der Waals surface area (Å²) in [7, 11) is 1.64. The Morgan fingerprint density at radius 2 is 1.94 bits per heavy atom. The van der Waals surface area contributed by atoms with E-state index in [-0.39, 0.29) is 0 Å². The van der Waals surface area contributed by atoms with Gasteiger partial charge < -0.3 is 14.7 Å². The summed E-state index contributed by atoms with van der Waals surface area (Å²) in [6, 6.07) is 5.93. The third kappa shape index (κ3) is 4.00. The number of hydrogen-bond donors (Lipinski definition) is 1. The minimum absolute atomic E-state index is 0.458. The summed E-state index contributed by atoms with van der Waals surface area (Å²) >= 11 is 0. The largest absolute Gasteiger partial charge is 0.496 e. The Morgan fingerprint density at radius 3 is 2.50 bits per heavy atom. The summed E-state index contributed by atoms with van der Waals surface area (Å²) in [6.07, 6.45) is 0.280. The molecule has 0 fully saturated rings. The number of hydrogen-bond acceptors (Lipinski definition) is 3. The van der Waals surface area contributed by atoms with Gasteiger partial charge >= 0.3 is 0 Å². The second-order valence-electron chi connectivity index (χ2n) is 4.58.